The van der Waals surface area contributed by atoms with Gasteiger partial charge in [-0.25, -0.2) is 9.59 Å². The Morgan fingerprint density at radius 2 is 1.00 bits per heavy atom. The van der Waals surface area contributed by atoms with Crippen molar-refractivity contribution in [1.29, 1.82) is 0 Å². The first kappa shape index (κ1) is 35.1. The summed E-state index contributed by atoms with van der Waals surface area (Å²) in [7, 11) is 0. The summed E-state index contributed by atoms with van der Waals surface area (Å²) >= 11 is 0. The highest BCUT2D eigenvalue weighted by atomic mass is 16.7. The Hall–Kier alpha value is -7.76. The summed E-state index contributed by atoms with van der Waals surface area (Å²) in [5, 5.41) is 41.8. The van der Waals surface area contributed by atoms with Crippen molar-refractivity contribution in [3.8, 4) is 11.5 Å². The molecule has 0 bridgehead atoms. The molecule has 2 amide bonds. The molecule has 6 rings (SSSR count). The van der Waals surface area contributed by atoms with E-state index in [0.29, 0.717) is 33.4 Å². The van der Waals surface area contributed by atoms with E-state index < -0.39 is 34.7 Å². The molecule has 53 heavy (non-hydrogen) atoms. The summed E-state index contributed by atoms with van der Waals surface area (Å²) in [5.74, 6) is -1.82. The van der Waals surface area contributed by atoms with Gasteiger partial charge in [-0.05, 0) is 74.5 Å². The number of aliphatic hydroxyl groups excluding tert-OH is 2. The van der Waals surface area contributed by atoms with Gasteiger partial charge in [-0.2, -0.15) is 0 Å². The van der Waals surface area contributed by atoms with Crippen LogP contribution in [0.2, 0.25) is 0 Å². The number of nitrogens with zero attached hydrogens (tertiary/aromatic N) is 4. The largest absolute Gasteiger partial charge is 0.510 e. The SMILES string of the molecule is CC(O)=C(N=Nc1ccccc1OCOc1ccccc1N=NC(C(=O)Nc1ccc2[nH]c(=O)[nH]c2c1)=C(C)O)C(=O)Nc1ccc2[nH]c(=O)[nH]c2c1. The maximum atomic E-state index is 13.0. The van der Waals surface area contributed by atoms with Gasteiger partial charge in [0.1, 0.15) is 22.9 Å². The number of imidazole rings is 2. The Morgan fingerprint density at radius 1 is 0.604 bits per heavy atom. The summed E-state index contributed by atoms with van der Waals surface area (Å²) in [6.45, 7) is 2.23. The zero-order valence-corrected chi connectivity index (χ0v) is 27.9. The average molecular weight is 719 g/mol. The lowest BCUT2D eigenvalue weighted by Gasteiger charge is -2.11. The molecule has 0 aliphatic rings. The number of aromatic nitrogens is 4. The standard InChI is InChI=1S/C35H30N10O8/c1-18(46)30(32(48)36-20-11-13-22-26(15-20)40-34(50)38-22)44-42-24-7-3-5-9-28(24)52-17-53-29-10-6-4-8-25(29)43-45-31(19(2)47)33(49)37-21-12-14-23-27(16-21)41-35(51)39-23/h3-16,46-47H,17H2,1-2H3,(H,36,48)(H,37,49)(H2,38,40,50)(H2,39,41,51). The van der Waals surface area contributed by atoms with Crippen molar-refractivity contribution in [2.45, 2.75) is 13.8 Å². The van der Waals surface area contributed by atoms with Crippen LogP contribution < -0.4 is 31.5 Å². The Bertz CT molecular complexity index is 2410. The molecular formula is C35H30N10O8. The smallest absolute Gasteiger partial charge is 0.323 e. The van der Waals surface area contributed by atoms with Gasteiger partial charge in [0, 0.05) is 11.4 Å². The molecule has 8 N–H and O–H groups in total. The highest BCUT2D eigenvalue weighted by Crippen LogP contribution is 2.31. The molecule has 0 spiro atoms. The number of benzene rings is 4. The van der Waals surface area contributed by atoms with Crippen molar-refractivity contribution in [1.82, 2.24) is 19.9 Å². The Balaban J connectivity index is 1.10. The summed E-state index contributed by atoms with van der Waals surface area (Å²) in [6, 6.07) is 22.5. The van der Waals surface area contributed by atoms with Crippen LogP contribution in [0, 0.1) is 0 Å². The Kier molecular flexibility index (Phi) is 10.2. The van der Waals surface area contributed by atoms with Gasteiger partial charge < -0.3 is 50.3 Å². The number of nitrogens with one attached hydrogen (secondary N) is 6. The molecule has 18 heteroatoms. The van der Waals surface area contributed by atoms with Gasteiger partial charge >= 0.3 is 11.4 Å². The van der Waals surface area contributed by atoms with E-state index in [4.69, 9.17) is 9.47 Å². The fraction of sp³-hybridized carbons (Fsp3) is 0.0857. The molecule has 0 fully saturated rings. The van der Waals surface area contributed by atoms with Crippen LogP contribution in [0.1, 0.15) is 13.8 Å². The molecule has 268 valence electrons. The Morgan fingerprint density at radius 3 is 1.42 bits per heavy atom. The fourth-order valence-corrected chi connectivity index (χ4v) is 4.85. The number of allylic oxidation sites excluding steroid dienone is 2. The lowest BCUT2D eigenvalue weighted by molar-refractivity contribution is -0.113. The molecule has 0 saturated carbocycles. The second-order valence-corrected chi connectivity index (χ2v) is 11.2. The van der Waals surface area contributed by atoms with Crippen molar-refractivity contribution in [3.63, 3.8) is 0 Å². The van der Waals surface area contributed by atoms with E-state index in [9.17, 15) is 29.4 Å². The first-order valence-electron chi connectivity index (χ1n) is 15.7. The number of anilines is 2. The predicted octanol–water partition coefficient (Wildman–Crippen LogP) is 6.46. The van der Waals surface area contributed by atoms with Crippen molar-refractivity contribution in [2.24, 2.45) is 20.5 Å². The lowest BCUT2D eigenvalue weighted by Crippen LogP contribution is -2.14. The molecule has 0 atom stereocenters. The zero-order chi connectivity index (χ0) is 37.5. The fourth-order valence-electron chi connectivity index (χ4n) is 4.85. The molecule has 0 aliphatic heterocycles. The molecule has 0 unspecified atom stereocenters. The molecule has 0 saturated heterocycles. The predicted molar refractivity (Wildman–Crippen MR) is 194 cm³/mol. The molecule has 6 aromatic rings. The lowest BCUT2D eigenvalue weighted by atomic mass is 10.2. The van der Waals surface area contributed by atoms with Crippen LogP contribution in [0.15, 0.2) is 138 Å². The van der Waals surface area contributed by atoms with Crippen molar-refractivity contribution in [2.75, 3.05) is 17.4 Å². The summed E-state index contributed by atoms with van der Waals surface area (Å²) in [6.07, 6.45) is 0. The van der Waals surface area contributed by atoms with Gasteiger partial charge in [-0.3, -0.25) is 9.59 Å². The van der Waals surface area contributed by atoms with Gasteiger partial charge in [0.25, 0.3) is 11.8 Å². The molecule has 18 nitrogen and oxygen atoms in total. The van der Waals surface area contributed by atoms with Gasteiger partial charge in [0.05, 0.1) is 22.1 Å². The minimum atomic E-state index is -0.749. The zero-order valence-electron chi connectivity index (χ0n) is 27.9. The third-order valence-corrected chi connectivity index (χ3v) is 7.34. The molecule has 0 aliphatic carbocycles. The van der Waals surface area contributed by atoms with E-state index in [1.165, 1.54) is 13.8 Å². The number of ether oxygens (including phenoxy) is 2. The normalized spacial score (nSPS) is 12.6. The van der Waals surface area contributed by atoms with Crippen LogP contribution in [0.3, 0.4) is 0 Å². The number of H-pyrrole nitrogens is 4. The van der Waals surface area contributed by atoms with Gasteiger partial charge in [-0.1, -0.05) is 24.3 Å². The number of hydrogen-bond acceptors (Lipinski definition) is 12. The molecule has 2 heterocycles. The van der Waals surface area contributed by atoms with E-state index in [-0.39, 0.29) is 41.1 Å². The number of azo groups is 2. The van der Waals surface area contributed by atoms with Crippen LogP contribution in [0.5, 0.6) is 11.5 Å². The van der Waals surface area contributed by atoms with E-state index in [2.05, 4.69) is 51.0 Å². The number of carbonyl (C=O) groups is 2. The summed E-state index contributed by atoms with van der Waals surface area (Å²) in [4.78, 5) is 59.5. The van der Waals surface area contributed by atoms with Gasteiger partial charge in [0.2, 0.25) is 6.79 Å². The van der Waals surface area contributed by atoms with Crippen molar-refractivity contribution < 1.29 is 29.3 Å². The Labute approximate surface area is 297 Å². The summed E-state index contributed by atoms with van der Waals surface area (Å²) in [5.41, 5.74) is 1.68. The molecule has 0 radical (unpaired) electrons. The number of amides is 2. The molecule has 4 aromatic carbocycles. The molecular weight excluding hydrogens is 688 g/mol. The van der Waals surface area contributed by atoms with Gasteiger partial charge in [0.15, 0.2) is 22.9 Å². The number of hydrogen-bond donors (Lipinski definition) is 8. The number of aromatic amines is 4. The number of aliphatic hydroxyl groups is 2. The minimum absolute atomic E-state index is 0.211. The number of para-hydroxylation sites is 2. The van der Waals surface area contributed by atoms with E-state index in [0.717, 1.165) is 0 Å². The number of rotatable bonds is 12. The quantitative estimate of drug-likeness (QED) is 0.0300. The first-order valence-corrected chi connectivity index (χ1v) is 15.7. The second kappa shape index (κ2) is 15.4. The highest BCUT2D eigenvalue weighted by molar-refractivity contribution is 6.05. The number of carbonyl (C=O) groups excluding carboxylic acids is 2. The maximum Gasteiger partial charge on any atom is 0.323 e. The minimum Gasteiger partial charge on any atom is -0.510 e. The highest BCUT2D eigenvalue weighted by Gasteiger charge is 2.16. The van der Waals surface area contributed by atoms with E-state index in [1.807, 2.05) is 0 Å². The second-order valence-electron chi connectivity index (χ2n) is 11.2. The van der Waals surface area contributed by atoms with Crippen LogP contribution in [-0.4, -0.2) is 48.8 Å². The topological polar surface area (TPSA) is 264 Å². The van der Waals surface area contributed by atoms with Crippen LogP contribution in [0.25, 0.3) is 22.1 Å². The van der Waals surface area contributed by atoms with Crippen molar-refractivity contribution in [3.05, 3.63) is 129 Å². The van der Waals surface area contributed by atoms with Crippen LogP contribution >= 0.6 is 0 Å². The first-order chi connectivity index (χ1) is 25.5. The van der Waals surface area contributed by atoms with Crippen LogP contribution in [0.4, 0.5) is 22.7 Å². The number of fused-ring (bicyclic) bond motifs is 2. The third-order valence-electron chi connectivity index (χ3n) is 7.34. The monoisotopic (exact) mass is 718 g/mol. The van der Waals surface area contributed by atoms with Crippen molar-refractivity contribution >= 4 is 56.6 Å². The van der Waals surface area contributed by atoms with Gasteiger partial charge in [-0.15, -0.1) is 20.5 Å². The maximum absolute atomic E-state index is 13.0. The average Bonchev–Trinajstić information content (AvgIpc) is 3.68. The third kappa shape index (κ3) is 8.52. The van der Waals surface area contributed by atoms with E-state index in [1.54, 1.807) is 84.9 Å². The van der Waals surface area contributed by atoms with Crippen LogP contribution in [-0.2, 0) is 9.59 Å². The molecule has 2 aromatic heterocycles. The van der Waals surface area contributed by atoms with E-state index >= 15 is 0 Å². The summed E-state index contributed by atoms with van der Waals surface area (Å²) < 4.78 is 11.6.